The molecule has 164 valence electrons. The summed E-state index contributed by atoms with van der Waals surface area (Å²) in [5.41, 5.74) is 4.13. The van der Waals surface area contributed by atoms with Gasteiger partial charge in [0.05, 0.1) is 25.0 Å². The highest BCUT2D eigenvalue weighted by Crippen LogP contribution is 2.50. The van der Waals surface area contributed by atoms with Crippen molar-refractivity contribution in [2.45, 2.75) is 32.5 Å². The van der Waals surface area contributed by atoms with E-state index in [1.54, 1.807) is 0 Å². The number of halogens is 1. The van der Waals surface area contributed by atoms with Gasteiger partial charge in [-0.05, 0) is 61.9 Å². The molecule has 32 heavy (non-hydrogen) atoms. The first kappa shape index (κ1) is 20.7. The van der Waals surface area contributed by atoms with Crippen LogP contribution in [-0.2, 0) is 0 Å². The Morgan fingerprint density at radius 2 is 1.78 bits per heavy atom. The molecule has 0 N–H and O–H groups in total. The third-order valence-electron chi connectivity index (χ3n) is 5.71. The summed E-state index contributed by atoms with van der Waals surface area (Å²) < 4.78 is 18.0. The first-order valence-electron chi connectivity index (χ1n) is 10.9. The van der Waals surface area contributed by atoms with E-state index in [0.717, 1.165) is 46.1 Å². The summed E-state index contributed by atoms with van der Waals surface area (Å²) in [4.78, 5) is 0. The van der Waals surface area contributed by atoms with Crippen molar-refractivity contribution in [1.29, 1.82) is 0 Å². The van der Waals surface area contributed by atoms with Gasteiger partial charge in [0.1, 0.15) is 5.75 Å². The molecule has 0 radical (unpaired) electrons. The lowest BCUT2D eigenvalue weighted by atomic mass is 9.95. The van der Waals surface area contributed by atoms with Crippen LogP contribution in [0.2, 0.25) is 5.02 Å². The van der Waals surface area contributed by atoms with Crippen molar-refractivity contribution in [3.63, 3.8) is 0 Å². The van der Waals surface area contributed by atoms with E-state index >= 15 is 0 Å². The van der Waals surface area contributed by atoms with E-state index in [2.05, 4.69) is 23.2 Å². The Hall–Kier alpha value is -3.18. The Morgan fingerprint density at radius 3 is 2.53 bits per heavy atom. The Balaban J connectivity index is 1.56. The second-order valence-electron chi connectivity index (χ2n) is 7.74. The number of rotatable bonds is 6. The van der Waals surface area contributed by atoms with Gasteiger partial charge in [0, 0.05) is 22.6 Å². The van der Waals surface area contributed by atoms with Crippen LogP contribution in [-0.4, -0.2) is 23.9 Å². The number of nitrogens with zero attached hydrogens (tertiary/aromatic N) is 2. The van der Waals surface area contributed by atoms with Crippen LogP contribution in [0.15, 0.2) is 71.8 Å². The maximum Gasteiger partial charge on any atom is 0.214 e. The maximum absolute atomic E-state index is 6.52. The monoisotopic (exact) mass is 448 g/mol. The lowest BCUT2D eigenvalue weighted by molar-refractivity contribution is -0.0212. The predicted octanol–water partition coefficient (Wildman–Crippen LogP) is 6.38. The van der Waals surface area contributed by atoms with Crippen LogP contribution in [0.4, 0.5) is 0 Å². The molecule has 0 saturated carbocycles. The van der Waals surface area contributed by atoms with Gasteiger partial charge >= 0.3 is 0 Å². The molecule has 3 aromatic rings. The number of benzene rings is 3. The van der Waals surface area contributed by atoms with E-state index in [1.165, 1.54) is 0 Å². The van der Waals surface area contributed by atoms with E-state index in [0.29, 0.717) is 18.2 Å². The van der Waals surface area contributed by atoms with Gasteiger partial charge in [-0.3, -0.25) is 0 Å². The van der Waals surface area contributed by atoms with E-state index in [9.17, 15) is 0 Å². The van der Waals surface area contributed by atoms with Crippen LogP contribution in [0.3, 0.4) is 0 Å². The quantitative estimate of drug-likeness (QED) is 0.439. The van der Waals surface area contributed by atoms with E-state index < -0.39 is 6.23 Å². The van der Waals surface area contributed by atoms with E-state index in [4.69, 9.17) is 30.9 Å². The Morgan fingerprint density at radius 1 is 1.00 bits per heavy atom. The Labute approximate surface area is 193 Å². The summed E-state index contributed by atoms with van der Waals surface area (Å²) in [5, 5.41) is 7.74. The number of para-hydroxylation sites is 1. The molecule has 0 fully saturated rings. The van der Waals surface area contributed by atoms with Crippen LogP contribution in [0, 0.1) is 0 Å². The molecule has 0 aliphatic carbocycles. The van der Waals surface area contributed by atoms with Crippen LogP contribution in [0.5, 0.6) is 17.2 Å². The van der Waals surface area contributed by atoms with Crippen molar-refractivity contribution in [2.24, 2.45) is 5.10 Å². The van der Waals surface area contributed by atoms with Crippen LogP contribution in [0.1, 0.15) is 49.2 Å². The molecule has 5 nitrogen and oxygen atoms in total. The molecule has 2 heterocycles. The molecule has 2 aliphatic heterocycles. The first-order chi connectivity index (χ1) is 15.7. The molecule has 0 unspecified atom stereocenters. The van der Waals surface area contributed by atoms with Crippen molar-refractivity contribution in [2.75, 3.05) is 13.2 Å². The summed E-state index contributed by atoms with van der Waals surface area (Å²) in [5.74, 6) is 2.40. The molecule has 2 atom stereocenters. The fraction of sp³-hybridized carbons (Fsp3) is 0.269. The first-order valence-corrected chi connectivity index (χ1v) is 11.3. The molecule has 0 saturated heterocycles. The highest BCUT2D eigenvalue weighted by molar-refractivity contribution is 6.30. The summed E-state index contributed by atoms with van der Waals surface area (Å²) in [6.45, 7) is 5.18. The lowest BCUT2D eigenvalue weighted by Crippen LogP contribution is -2.33. The largest absolute Gasteiger partial charge is 0.494 e. The average Bonchev–Trinajstić information content (AvgIpc) is 3.25. The van der Waals surface area contributed by atoms with Gasteiger partial charge in [0.25, 0.3) is 0 Å². The van der Waals surface area contributed by atoms with Gasteiger partial charge in [-0.15, -0.1) is 0 Å². The zero-order valence-electron chi connectivity index (χ0n) is 18.1. The molecule has 0 amide bonds. The smallest absolute Gasteiger partial charge is 0.214 e. The third kappa shape index (κ3) is 3.78. The van der Waals surface area contributed by atoms with Crippen molar-refractivity contribution >= 4 is 17.3 Å². The van der Waals surface area contributed by atoms with Gasteiger partial charge in [0.15, 0.2) is 11.5 Å². The zero-order chi connectivity index (χ0) is 22.1. The summed E-state index contributed by atoms with van der Waals surface area (Å²) in [6.07, 6.45) is 0.379. The van der Waals surface area contributed by atoms with Crippen molar-refractivity contribution in [1.82, 2.24) is 5.01 Å². The zero-order valence-corrected chi connectivity index (χ0v) is 18.9. The average molecular weight is 449 g/mol. The molecular formula is C26H25ClN2O3. The van der Waals surface area contributed by atoms with Crippen LogP contribution in [0.25, 0.3) is 0 Å². The molecule has 6 heteroatoms. The Kier molecular flexibility index (Phi) is 5.66. The Bertz CT molecular complexity index is 1150. The SMILES string of the molecule is CCOc1ccc(C2=NN3[C@H](C2)c2cccc(OCC)c2O[C@H]3c2cccc(Cl)c2)cc1. The molecule has 0 aromatic heterocycles. The minimum atomic E-state index is -0.395. The van der Waals surface area contributed by atoms with Crippen molar-refractivity contribution in [3.05, 3.63) is 88.4 Å². The fourth-order valence-electron chi connectivity index (χ4n) is 4.32. The van der Waals surface area contributed by atoms with Gasteiger partial charge in [-0.1, -0.05) is 35.9 Å². The normalized spacial score (nSPS) is 19.0. The topological polar surface area (TPSA) is 43.3 Å². The summed E-state index contributed by atoms with van der Waals surface area (Å²) in [6, 6.07) is 22.0. The van der Waals surface area contributed by atoms with Gasteiger partial charge in [-0.2, -0.15) is 5.10 Å². The highest BCUT2D eigenvalue weighted by Gasteiger charge is 2.42. The number of ether oxygens (including phenoxy) is 3. The van der Waals surface area contributed by atoms with Gasteiger partial charge < -0.3 is 14.2 Å². The van der Waals surface area contributed by atoms with E-state index in [-0.39, 0.29) is 6.04 Å². The molecule has 0 spiro atoms. The lowest BCUT2D eigenvalue weighted by Gasteiger charge is -2.38. The second-order valence-corrected chi connectivity index (χ2v) is 8.17. The molecule has 2 aliphatic rings. The predicted molar refractivity (Wildman–Crippen MR) is 126 cm³/mol. The molecule has 0 bridgehead atoms. The number of hydrogen-bond acceptors (Lipinski definition) is 5. The standard InChI is InChI=1S/C26H25ClN2O3/c1-3-30-20-13-11-17(12-14-20)22-16-23-21-9-6-10-24(31-4-2)25(21)32-26(29(23)28-22)18-7-5-8-19(27)15-18/h5-15,23,26H,3-4,16H2,1-2H3/t23-,26+/m1/s1. The number of hydrazone groups is 1. The van der Waals surface area contributed by atoms with Gasteiger partial charge in [-0.25, -0.2) is 5.01 Å². The number of fused-ring (bicyclic) bond motifs is 3. The molecule has 3 aromatic carbocycles. The third-order valence-corrected chi connectivity index (χ3v) is 5.95. The highest BCUT2D eigenvalue weighted by atomic mass is 35.5. The summed E-state index contributed by atoms with van der Waals surface area (Å²) in [7, 11) is 0. The van der Waals surface area contributed by atoms with Crippen LogP contribution < -0.4 is 14.2 Å². The molecule has 5 rings (SSSR count). The van der Waals surface area contributed by atoms with E-state index in [1.807, 2.05) is 62.4 Å². The molecular weight excluding hydrogens is 424 g/mol. The second kappa shape index (κ2) is 8.75. The van der Waals surface area contributed by atoms with Gasteiger partial charge in [0.2, 0.25) is 6.23 Å². The van der Waals surface area contributed by atoms with Crippen LogP contribution >= 0.6 is 11.6 Å². The minimum Gasteiger partial charge on any atom is -0.494 e. The number of hydrogen-bond donors (Lipinski definition) is 0. The van der Waals surface area contributed by atoms with Crippen molar-refractivity contribution < 1.29 is 14.2 Å². The van der Waals surface area contributed by atoms with Crippen molar-refractivity contribution in [3.8, 4) is 17.2 Å². The maximum atomic E-state index is 6.52. The fourth-order valence-corrected chi connectivity index (χ4v) is 4.52. The minimum absolute atomic E-state index is 0.0460. The summed E-state index contributed by atoms with van der Waals surface area (Å²) >= 11 is 6.31.